The van der Waals surface area contributed by atoms with Crippen molar-refractivity contribution in [2.75, 3.05) is 13.7 Å². The van der Waals surface area contributed by atoms with Gasteiger partial charge in [-0.05, 0) is 12.0 Å². The fourth-order valence-corrected chi connectivity index (χ4v) is 1.80. The lowest BCUT2D eigenvalue weighted by Gasteiger charge is -2.26. The average molecular weight is 326 g/mol. The summed E-state index contributed by atoms with van der Waals surface area (Å²) in [4.78, 5) is 0. The van der Waals surface area contributed by atoms with Crippen LogP contribution in [0.5, 0.6) is 5.75 Å². The molecule has 126 valence electrons. The Kier molecular flexibility index (Phi) is 6.17. The lowest BCUT2D eigenvalue weighted by Crippen LogP contribution is -2.38. The van der Waals surface area contributed by atoms with E-state index in [1.807, 2.05) is 13.8 Å². The minimum Gasteiger partial charge on any atom is -0.493 e. The molecule has 0 aliphatic rings. The van der Waals surface area contributed by atoms with E-state index in [2.05, 4.69) is 0 Å². The van der Waals surface area contributed by atoms with Gasteiger partial charge < -0.3 is 9.47 Å². The summed E-state index contributed by atoms with van der Waals surface area (Å²) in [5.41, 5.74) is 0.176. The van der Waals surface area contributed by atoms with Gasteiger partial charge in [0.1, 0.15) is 5.75 Å². The molecule has 1 rings (SSSR count). The van der Waals surface area contributed by atoms with Gasteiger partial charge in [-0.15, -0.1) is 0 Å². The van der Waals surface area contributed by atoms with E-state index in [-0.39, 0.29) is 17.2 Å². The molecule has 1 atom stereocenters. The molecule has 7 heteroatoms. The largest absolute Gasteiger partial charge is 0.493 e. The zero-order valence-corrected chi connectivity index (χ0v) is 12.6. The number of ether oxygens (including phenoxy) is 2. The van der Waals surface area contributed by atoms with Gasteiger partial charge in [0, 0.05) is 12.7 Å². The van der Waals surface area contributed by atoms with Crippen LogP contribution in [0.4, 0.5) is 22.0 Å². The summed E-state index contributed by atoms with van der Waals surface area (Å²) >= 11 is 0. The minimum absolute atomic E-state index is 0.176. The van der Waals surface area contributed by atoms with Gasteiger partial charge in [-0.3, -0.25) is 0 Å². The van der Waals surface area contributed by atoms with Crippen molar-refractivity contribution in [1.82, 2.24) is 0 Å². The molecule has 0 saturated heterocycles. The number of alkyl halides is 5. The van der Waals surface area contributed by atoms with Crippen molar-refractivity contribution >= 4 is 0 Å². The molecule has 0 radical (unpaired) electrons. The summed E-state index contributed by atoms with van der Waals surface area (Å²) in [6.07, 6.45) is -8.52. The maximum absolute atomic E-state index is 13.3. The first kappa shape index (κ1) is 18.7. The van der Waals surface area contributed by atoms with Crippen molar-refractivity contribution in [3.63, 3.8) is 0 Å². The van der Waals surface area contributed by atoms with Crippen LogP contribution >= 0.6 is 0 Å². The van der Waals surface area contributed by atoms with Crippen LogP contribution in [-0.4, -0.2) is 25.8 Å². The fourth-order valence-electron chi connectivity index (χ4n) is 1.80. The monoisotopic (exact) mass is 326 g/mol. The van der Waals surface area contributed by atoms with Crippen LogP contribution in [0, 0.1) is 5.92 Å². The van der Waals surface area contributed by atoms with Crippen LogP contribution in [0.1, 0.15) is 31.9 Å². The van der Waals surface area contributed by atoms with Gasteiger partial charge >= 0.3 is 12.1 Å². The van der Waals surface area contributed by atoms with Crippen molar-refractivity contribution in [3.8, 4) is 5.75 Å². The van der Waals surface area contributed by atoms with E-state index in [9.17, 15) is 22.0 Å². The van der Waals surface area contributed by atoms with Gasteiger partial charge in [-0.2, -0.15) is 22.0 Å². The fraction of sp³-hybridized carbons (Fsp3) is 0.600. The maximum atomic E-state index is 13.3. The molecule has 0 heterocycles. The van der Waals surface area contributed by atoms with Gasteiger partial charge in [0.25, 0.3) is 0 Å². The maximum Gasteiger partial charge on any atom is 0.453 e. The highest BCUT2D eigenvalue weighted by Gasteiger charge is 2.58. The van der Waals surface area contributed by atoms with Gasteiger partial charge in [0.05, 0.1) is 19.1 Å². The number of halogens is 5. The first-order chi connectivity index (χ1) is 10.1. The van der Waals surface area contributed by atoms with Crippen molar-refractivity contribution in [1.29, 1.82) is 0 Å². The number of para-hydroxylation sites is 1. The summed E-state index contributed by atoms with van der Waals surface area (Å²) in [7, 11) is 1.09. The lowest BCUT2D eigenvalue weighted by molar-refractivity contribution is -0.291. The van der Waals surface area contributed by atoms with E-state index in [0.717, 1.165) is 7.11 Å². The van der Waals surface area contributed by atoms with Gasteiger partial charge in [0.2, 0.25) is 0 Å². The molecular weight excluding hydrogens is 307 g/mol. The van der Waals surface area contributed by atoms with Crippen molar-refractivity contribution in [2.45, 2.75) is 38.5 Å². The topological polar surface area (TPSA) is 18.5 Å². The first-order valence-corrected chi connectivity index (χ1v) is 6.77. The zero-order chi connectivity index (χ0) is 17.0. The lowest BCUT2D eigenvalue weighted by atomic mass is 10.0. The summed E-state index contributed by atoms with van der Waals surface area (Å²) < 4.78 is 73.9. The van der Waals surface area contributed by atoms with Gasteiger partial charge in [-0.1, -0.05) is 32.0 Å². The molecular formula is C15H19F5O2. The SMILES string of the molecule is COC(CC(F)(F)C(F)(F)F)c1ccccc1OCC(C)C. The van der Waals surface area contributed by atoms with E-state index in [4.69, 9.17) is 9.47 Å². The summed E-state index contributed by atoms with van der Waals surface area (Å²) in [5.74, 6) is -4.40. The van der Waals surface area contributed by atoms with Crippen LogP contribution in [0.2, 0.25) is 0 Å². The summed E-state index contributed by atoms with van der Waals surface area (Å²) in [5, 5.41) is 0. The van der Waals surface area contributed by atoms with E-state index in [1.165, 1.54) is 18.2 Å². The Labute approximate surface area is 126 Å². The number of hydrogen-bond acceptors (Lipinski definition) is 2. The van der Waals surface area contributed by atoms with Crippen molar-refractivity contribution in [2.24, 2.45) is 5.92 Å². The van der Waals surface area contributed by atoms with Crippen molar-refractivity contribution in [3.05, 3.63) is 29.8 Å². The second-order valence-corrected chi connectivity index (χ2v) is 5.37. The smallest absolute Gasteiger partial charge is 0.453 e. The number of hydrogen-bond donors (Lipinski definition) is 0. The average Bonchev–Trinajstić information content (AvgIpc) is 2.41. The molecule has 0 amide bonds. The van der Waals surface area contributed by atoms with E-state index >= 15 is 0 Å². The standard InChI is InChI=1S/C15H19F5O2/c1-10(2)9-22-12-7-5-4-6-11(12)13(21-3)8-14(16,17)15(18,19)20/h4-7,10,13H,8-9H2,1-3H3. The van der Waals surface area contributed by atoms with Gasteiger partial charge in [0.15, 0.2) is 0 Å². The van der Waals surface area contributed by atoms with Gasteiger partial charge in [-0.25, -0.2) is 0 Å². The van der Waals surface area contributed by atoms with E-state index in [1.54, 1.807) is 6.07 Å². The Morgan fingerprint density at radius 1 is 1.05 bits per heavy atom. The quantitative estimate of drug-likeness (QED) is 0.657. The third-order valence-electron chi connectivity index (χ3n) is 2.98. The molecule has 0 saturated carbocycles. The Bertz CT molecular complexity index is 471. The molecule has 0 aliphatic carbocycles. The first-order valence-electron chi connectivity index (χ1n) is 6.77. The predicted molar refractivity (Wildman–Crippen MR) is 72.1 cm³/mol. The van der Waals surface area contributed by atoms with Crippen LogP contribution < -0.4 is 4.74 Å². The Balaban J connectivity index is 3.00. The number of benzene rings is 1. The highest BCUT2D eigenvalue weighted by Crippen LogP contribution is 2.43. The molecule has 0 N–H and O–H groups in total. The third-order valence-corrected chi connectivity index (χ3v) is 2.98. The van der Waals surface area contributed by atoms with Crippen LogP contribution in [0.25, 0.3) is 0 Å². The number of methoxy groups -OCH3 is 1. The molecule has 1 aromatic carbocycles. The normalized spacial score (nSPS) is 14.2. The summed E-state index contributed by atoms with van der Waals surface area (Å²) in [6, 6.07) is 6.11. The molecule has 22 heavy (non-hydrogen) atoms. The Hall–Kier alpha value is -1.37. The van der Waals surface area contributed by atoms with Crippen molar-refractivity contribution < 1.29 is 31.4 Å². The molecule has 0 spiro atoms. The molecule has 1 unspecified atom stereocenters. The second kappa shape index (κ2) is 7.26. The molecule has 1 aromatic rings. The third kappa shape index (κ3) is 4.83. The predicted octanol–water partition coefficient (Wildman–Crippen LogP) is 5.00. The number of rotatable bonds is 7. The van der Waals surface area contributed by atoms with E-state index < -0.39 is 24.6 Å². The van der Waals surface area contributed by atoms with Crippen LogP contribution in [-0.2, 0) is 4.74 Å². The molecule has 0 bridgehead atoms. The molecule has 0 aromatic heterocycles. The highest BCUT2D eigenvalue weighted by molar-refractivity contribution is 5.35. The Morgan fingerprint density at radius 2 is 1.64 bits per heavy atom. The molecule has 0 aliphatic heterocycles. The van der Waals surface area contributed by atoms with Crippen LogP contribution in [0.3, 0.4) is 0 Å². The zero-order valence-electron chi connectivity index (χ0n) is 12.6. The Morgan fingerprint density at radius 3 is 2.14 bits per heavy atom. The molecule has 0 fully saturated rings. The second-order valence-electron chi connectivity index (χ2n) is 5.37. The summed E-state index contributed by atoms with van der Waals surface area (Å²) in [6.45, 7) is 4.12. The van der Waals surface area contributed by atoms with E-state index in [0.29, 0.717) is 6.61 Å². The van der Waals surface area contributed by atoms with Crippen LogP contribution in [0.15, 0.2) is 24.3 Å². The molecule has 2 nitrogen and oxygen atoms in total. The minimum atomic E-state index is -5.61. The highest BCUT2D eigenvalue weighted by atomic mass is 19.4.